The second kappa shape index (κ2) is 7.74. The van der Waals surface area contributed by atoms with Crippen molar-refractivity contribution in [2.24, 2.45) is 5.73 Å². The molecule has 1 aromatic rings. The van der Waals surface area contributed by atoms with Crippen LogP contribution in [0.3, 0.4) is 0 Å². The van der Waals surface area contributed by atoms with E-state index in [2.05, 4.69) is 9.72 Å². The lowest BCUT2D eigenvalue weighted by Crippen LogP contribution is -2.31. The van der Waals surface area contributed by atoms with Crippen LogP contribution in [-0.2, 0) is 9.53 Å². The monoisotopic (exact) mass is 316 g/mol. The number of pyridine rings is 1. The smallest absolute Gasteiger partial charge is 0.342 e. The zero-order valence-electron chi connectivity index (χ0n) is 9.40. The lowest BCUT2D eigenvalue weighted by atomic mass is 10.1. The molecule has 2 N–H and O–H groups in total. The molecule has 0 aliphatic rings. The Hall–Kier alpha value is -0.620. The molecule has 1 rings (SSSR count). The summed E-state index contributed by atoms with van der Waals surface area (Å²) >= 11 is 11.3. The van der Waals surface area contributed by atoms with Crippen LogP contribution >= 0.6 is 35.6 Å². The minimum absolute atomic E-state index is 0. The van der Waals surface area contributed by atoms with Crippen molar-refractivity contribution in [2.45, 2.75) is 19.1 Å². The number of esters is 1. The summed E-state index contributed by atoms with van der Waals surface area (Å²) < 4.78 is 18.2. The first kappa shape index (κ1) is 17.4. The van der Waals surface area contributed by atoms with Crippen molar-refractivity contribution in [3.05, 3.63) is 28.0 Å². The molecular weight excluding hydrogens is 305 g/mol. The van der Waals surface area contributed by atoms with E-state index in [0.717, 1.165) is 0 Å². The van der Waals surface area contributed by atoms with Gasteiger partial charge in [-0.2, -0.15) is 0 Å². The van der Waals surface area contributed by atoms with Gasteiger partial charge in [0.05, 0.1) is 12.6 Å². The Labute approximate surface area is 120 Å². The summed E-state index contributed by atoms with van der Waals surface area (Å²) in [6.45, 7) is 1.66. The largest absolute Gasteiger partial charge is 0.464 e. The fourth-order valence-electron chi connectivity index (χ4n) is 1.20. The topological polar surface area (TPSA) is 65.2 Å². The number of carbonyl (C=O) groups is 1. The highest BCUT2D eigenvalue weighted by atomic mass is 35.5. The van der Waals surface area contributed by atoms with Crippen molar-refractivity contribution in [1.29, 1.82) is 0 Å². The molecule has 0 fully saturated rings. The van der Waals surface area contributed by atoms with Gasteiger partial charge in [-0.25, -0.2) is 14.2 Å². The molecule has 102 valence electrons. The van der Waals surface area contributed by atoms with E-state index in [9.17, 15) is 9.18 Å². The number of alkyl halides is 1. The fourth-order valence-corrected chi connectivity index (χ4v) is 1.67. The molecule has 2 atom stereocenters. The summed E-state index contributed by atoms with van der Waals surface area (Å²) in [5.41, 5.74) is 5.78. The number of hydrogen-bond donors (Lipinski definition) is 1. The Bertz CT molecular complexity index is 420. The molecule has 0 spiro atoms. The zero-order valence-corrected chi connectivity index (χ0v) is 11.7. The predicted octanol–water partition coefficient (Wildman–Crippen LogP) is 2.71. The average molecular weight is 318 g/mol. The summed E-state index contributed by atoms with van der Waals surface area (Å²) in [5.74, 6) is -1.02. The number of nitrogens with zero attached hydrogens (tertiary/aromatic N) is 1. The normalized spacial score (nSPS) is 13.4. The first-order valence-electron chi connectivity index (χ1n) is 4.85. The van der Waals surface area contributed by atoms with Gasteiger partial charge in [-0.05, 0) is 13.0 Å². The SMILES string of the molecule is CCOC(=O)C(F)[C@@H](N)c1ccc(Cl)nc1Cl.Cl. The molecule has 0 aromatic carbocycles. The van der Waals surface area contributed by atoms with Gasteiger partial charge in [0, 0.05) is 5.56 Å². The van der Waals surface area contributed by atoms with Crippen LogP contribution in [-0.4, -0.2) is 23.7 Å². The summed E-state index contributed by atoms with van der Waals surface area (Å²) in [6, 6.07) is 1.61. The van der Waals surface area contributed by atoms with Crippen LogP contribution in [0.4, 0.5) is 4.39 Å². The van der Waals surface area contributed by atoms with Crippen molar-refractivity contribution >= 4 is 41.6 Å². The third-order valence-corrected chi connectivity index (χ3v) is 2.54. The highest BCUT2D eigenvalue weighted by Gasteiger charge is 2.29. The van der Waals surface area contributed by atoms with E-state index in [-0.39, 0.29) is 34.9 Å². The van der Waals surface area contributed by atoms with Crippen LogP contribution in [0.15, 0.2) is 12.1 Å². The Morgan fingerprint density at radius 2 is 2.17 bits per heavy atom. The first-order chi connectivity index (χ1) is 7.97. The lowest BCUT2D eigenvalue weighted by Gasteiger charge is -2.16. The van der Waals surface area contributed by atoms with Crippen LogP contribution in [0.25, 0.3) is 0 Å². The number of rotatable bonds is 4. The van der Waals surface area contributed by atoms with Crippen LogP contribution < -0.4 is 5.73 Å². The van der Waals surface area contributed by atoms with E-state index < -0.39 is 18.2 Å². The van der Waals surface area contributed by atoms with Gasteiger partial charge in [0.1, 0.15) is 10.3 Å². The average Bonchev–Trinajstić information content (AvgIpc) is 2.27. The number of carbonyl (C=O) groups excluding carboxylic acids is 1. The minimum atomic E-state index is -1.99. The molecule has 4 nitrogen and oxygen atoms in total. The molecule has 0 saturated heterocycles. The maximum atomic E-state index is 13.6. The Morgan fingerprint density at radius 3 is 2.67 bits per heavy atom. The number of aromatic nitrogens is 1. The molecule has 1 aromatic heterocycles. The summed E-state index contributed by atoms with van der Waals surface area (Å²) in [4.78, 5) is 14.9. The van der Waals surface area contributed by atoms with E-state index >= 15 is 0 Å². The van der Waals surface area contributed by atoms with Gasteiger partial charge in [-0.3, -0.25) is 0 Å². The van der Waals surface area contributed by atoms with Crippen molar-refractivity contribution in [3.8, 4) is 0 Å². The van der Waals surface area contributed by atoms with Gasteiger partial charge in [0.15, 0.2) is 0 Å². The van der Waals surface area contributed by atoms with Gasteiger partial charge in [0.2, 0.25) is 6.17 Å². The van der Waals surface area contributed by atoms with Crippen LogP contribution in [0.2, 0.25) is 10.3 Å². The van der Waals surface area contributed by atoms with E-state index in [0.29, 0.717) is 0 Å². The molecule has 0 saturated carbocycles. The Morgan fingerprint density at radius 1 is 1.56 bits per heavy atom. The molecule has 1 unspecified atom stereocenters. The lowest BCUT2D eigenvalue weighted by molar-refractivity contribution is -0.149. The van der Waals surface area contributed by atoms with Gasteiger partial charge < -0.3 is 10.5 Å². The molecule has 0 aliphatic heterocycles. The van der Waals surface area contributed by atoms with Crippen molar-refractivity contribution in [3.63, 3.8) is 0 Å². The van der Waals surface area contributed by atoms with Gasteiger partial charge in [-0.1, -0.05) is 29.3 Å². The van der Waals surface area contributed by atoms with Crippen LogP contribution in [0, 0.1) is 0 Å². The van der Waals surface area contributed by atoms with Gasteiger partial charge in [0.25, 0.3) is 0 Å². The highest BCUT2D eigenvalue weighted by molar-refractivity contribution is 6.32. The Balaban J connectivity index is 0.00000289. The maximum absolute atomic E-state index is 13.6. The molecule has 0 aliphatic carbocycles. The molecule has 8 heteroatoms. The number of nitrogens with two attached hydrogens (primary N) is 1. The molecular formula is C10H12Cl3FN2O2. The quantitative estimate of drug-likeness (QED) is 0.685. The van der Waals surface area contributed by atoms with Crippen molar-refractivity contribution < 1.29 is 13.9 Å². The second-order valence-electron chi connectivity index (χ2n) is 3.19. The third kappa shape index (κ3) is 4.24. The first-order valence-corrected chi connectivity index (χ1v) is 5.61. The summed E-state index contributed by atoms with van der Waals surface area (Å²) in [7, 11) is 0. The zero-order chi connectivity index (χ0) is 13.0. The van der Waals surface area contributed by atoms with Crippen LogP contribution in [0.1, 0.15) is 18.5 Å². The van der Waals surface area contributed by atoms with E-state index in [4.69, 9.17) is 28.9 Å². The number of halogens is 4. The number of hydrogen-bond acceptors (Lipinski definition) is 4. The second-order valence-corrected chi connectivity index (χ2v) is 3.94. The van der Waals surface area contributed by atoms with E-state index in [1.54, 1.807) is 6.92 Å². The van der Waals surface area contributed by atoms with E-state index in [1.165, 1.54) is 12.1 Å². The minimum Gasteiger partial charge on any atom is -0.464 e. The molecule has 18 heavy (non-hydrogen) atoms. The fraction of sp³-hybridized carbons (Fsp3) is 0.400. The van der Waals surface area contributed by atoms with Crippen molar-refractivity contribution in [1.82, 2.24) is 4.98 Å². The van der Waals surface area contributed by atoms with Crippen molar-refractivity contribution in [2.75, 3.05) is 6.61 Å². The maximum Gasteiger partial charge on any atom is 0.342 e. The molecule has 0 radical (unpaired) electrons. The van der Waals surface area contributed by atoms with Gasteiger partial charge in [-0.15, -0.1) is 12.4 Å². The third-order valence-electron chi connectivity index (χ3n) is 2.03. The molecule has 0 bridgehead atoms. The number of ether oxygens (including phenoxy) is 1. The summed E-state index contributed by atoms with van der Waals surface area (Å²) in [5, 5.41) is 0.134. The van der Waals surface area contributed by atoms with E-state index in [1.807, 2.05) is 0 Å². The predicted molar refractivity (Wildman–Crippen MR) is 70.0 cm³/mol. The molecule has 1 heterocycles. The van der Waals surface area contributed by atoms with Gasteiger partial charge >= 0.3 is 5.97 Å². The Kier molecular flexibility index (Phi) is 7.47. The standard InChI is InChI=1S/C10H11Cl2FN2O2.ClH/c1-2-17-10(16)7(13)8(14)5-3-4-6(11)15-9(5)12;/h3-4,7-8H,2,14H2,1H3;1H/t7?,8-;/m0./s1. The highest BCUT2D eigenvalue weighted by Crippen LogP contribution is 2.25. The summed E-state index contributed by atoms with van der Waals surface area (Å²) in [6.07, 6.45) is -1.99. The molecule has 0 amide bonds. The van der Waals surface area contributed by atoms with Crippen LogP contribution in [0.5, 0.6) is 0 Å².